The number of rotatable bonds is 4. The van der Waals surface area contributed by atoms with E-state index in [0.29, 0.717) is 18.6 Å². The molecule has 1 N–H and O–H groups in total. The number of hydrogen-bond acceptors (Lipinski definition) is 6. The summed E-state index contributed by atoms with van der Waals surface area (Å²) in [5.74, 6) is 0.0757. The van der Waals surface area contributed by atoms with Crippen LogP contribution in [0.4, 0.5) is 4.79 Å². The molecule has 0 bridgehead atoms. The van der Waals surface area contributed by atoms with Gasteiger partial charge in [-0.25, -0.2) is 9.59 Å². The Balaban J connectivity index is 2.25. The summed E-state index contributed by atoms with van der Waals surface area (Å²) in [6.45, 7) is 9.33. The zero-order valence-corrected chi connectivity index (χ0v) is 16.6. The quantitative estimate of drug-likeness (QED) is 0.761. The van der Waals surface area contributed by atoms with Gasteiger partial charge in [0.2, 0.25) is 5.91 Å². The molecule has 142 valence electrons. The Labute approximate surface area is 153 Å². The van der Waals surface area contributed by atoms with Crippen LogP contribution in [0.25, 0.3) is 0 Å². The molecule has 2 rings (SSSR count). The van der Waals surface area contributed by atoms with Crippen molar-refractivity contribution in [1.29, 1.82) is 0 Å². The predicted molar refractivity (Wildman–Crippen MR) is 95.1 cm³/mol. The second-order valence-electron chi connectivity index (χ2n) is 8.05. The average molecular weight is 372 g/mol. The maximum Gasteiger partial charge on any atom is 0.408 e. The number of thioether (sulfide) groups is 1. The van der Waals surface area contributed by atoms with Crippen LogP contribution >= 0.6 is 11.8 Å². The number of nitrogens with zero attached hydrogens (tertiary/aromatic N) is 1. The number of esters is 1. The van der Waals surface area contributed by atoms with Gasteiger partial charge in [0.25, 0.3) is 0 Å². The number of alkyl carbamates (subject to hydrolysis) is 1. The van der Waals surface area contributed by atoms with Crippen LogP contribution in [0.15, 0.2) is 0 Å². The van der Waals surface area contributed by atoms with Crippen molar-refractivity contribution in [2.24, 2.45) is 5.92 Å². The lowest BCUT2D eigenvalue weighted by molar-refractivity contribution is -0.151. The molecule has 2 aliphatic heterocycles. The van der Waals surface area contributed by atoms with Gasteiger partial charge in [-0.3, -0.25) is 4.79 Å². The minimum absolute atomic E-state index is 0.134. The molecule has 3 atom stereocenters. The summed E-state index contributed by atoms with van der Waals surface area (Å²) in [5.41, 5.74) is -1.69. The topological polar surface area (TPSA) is 84.9 Å². The molecule has 25 heavy (non-hydrogen) atoms. The van der Waals surface area contributed by atoms with Crippen molar-refractivity contribution in [1.82, 2.24) is 10.2 Å². The molecular weight excluding hydrogens is 344 g/mol. The van der Waals surface area contributed by atoms with Crippen molar-refractivity contribution in [3.8, 4) is 0 Å². The molecule has 0 spiro atoms. The molecule has 8 heteroatoms. The summed E-state index contributed by atoms with van der Waals surface area (Å²) in [5, 5.41) is 2.68. The van der Waals surface area contributed by atoms with Gasteiger partial charge in [0.1, 0.15) is 17.2 Å². The van der Waals surface area contributed by atoms with Crippen LogP contribution in [0.5, 0.6) is 0 Å². The zero-order valence-electron chi connectivity index (χ0n) is 15.8. The summed E-state index contributed by atoms with van der Waals surface area (Å²) in [7, 11) is 1.32. The largest absolute Gasteiger partial charge is 0.467 e. The zero-order chi connectivity index (χ0) is 19.0. The summed E-state index contributed by atoms with van der Waals surface area (Å²) >= 11 is 1.55. The van der Waals surface area contributed by atoms with E-state index in [1.54, 1.807) is 37.4 Å². The van der Waals surface area contributed by atoms with Crippen LogP contribution in [-0.2, 0) is 19.1 Å². The fourth-order valence-electron chi connectivity index (χ4n) is 3.47. The number of carbonyl (C=O) groups excluding carboxylic acids is 3. The third kappa shape index (κ3) is 4.22. The number of carbonyl (C=O) groups is 3. The maximum absolute atomic E-state index is 13.2. The smallest absolute Gasteiger partial charge is 0.408 e. The summed E-state index contributed by atoms with van der Waals surface area (Å²) < 4.78 is 10.2. The fourth-order valence-corrected chi connectivity index (χ4v) is 4.97. The van der Waals surface area contributed by atoms with Crippen molar-refractivity contribution in [3.63, 3.8) is 0 Å². The Morgan fingerprint density at radius 2 is 2.04 bits per heavy atom. The first-order valence-corrected chi connectivity index (χ1v) is 9.57. The van der Waals surface area contributed by atoms with Gasteiger partial charge in [-0.2, -0.15) is 0 Å². The number of amides is 2. The van der Waals surface area contributed by atoms with E-state index in [1.807, 2.05) is 13.8 Å². The van der Waals surface area contributed by atoms with Crippen LogP contribution in [-0.4, -0.2) is 58.3 Å². The van der Waals surface area contributed by atoms with Crippen LogP contribution in [0.3, 0.4) is 0 Å². The number of hydrogen-bond donors (Lipinski definition) is 1. The summed E-state index contributed by atoms with van der Waals surface area (Å²) in [4.78, 5) is 39.1. The summed E-state index contributed by atoms with van der Waals surface area (Å²) in [6, 6.07) is -0.595. The van der Waals surface area contributed by atoms with Crippen molar-refractivity contribution in [3.05, 3.63) is 0 Å². The third-order valence-electron chi connectivity index (χ3n) is 4.23. The molecule has 0 aliphatic carbocycles. The SMILES string of the molecule is COC(=O)[C@@H]1CSC2C[C@@](CC(C)C)(NC(=O)OC(C)(C)C)C(=O)N21. The Kier molecular flexibility index (Phi) is 5.61. The molecule has 1 unspecified atom stereocenters. The molecular formula is C17H28N2O5S. The van der Waals surface area contributed by atoms with Crippen molar-refractivity contribution in [2.75, 3.05) is 12.9 Å². The van der Waals surface area contributed by atoms with E-state index in [2.05, 4.69) is 5.32 Å². The van der Waals surface area contributed by atoms with Crippen LogP contribution in [0.2, 0.25) is 0 Å². The molecule has 2 saturated heterocycles. The Morgan fingerprint density at radius 1 is 1.40 bits per heavy atom. The van der Waals surface area contributed by atoms with Crippen molar-refractivity contribution >= 4 is 29.7 Å². The first-order chi connectivity index (χ1) is 11.5. The van der Waals surface area contributed by atoms with E-state index >= 15 is 0 Å². The molecule has 0 aromatic carbocycles. The molecule has 0 saturated carbocycles. The van der Waals surface area contributed by atoms with Gasteiger partial charge in [-0.1, -0.05) is 13.8 Å². The number of fused-ring (bicyclic) bond motifs is 1. The van der Waals surface area contributed by atoms with E-state index in [-0.39, 0.29) is 17.2 Å². The normalized spacial score (nSPS) is 28.9. The van der Waals surface area contributed by atoms with Gasteiger partial charge < -0.3 is 19.7 Å². The molecule has 2 aliphatic rings. The molecule has 0 radical (unpaired) electrons. The van der Waals surface area contributed by atoms with Gasteiger partial charge >= 0.3 is 12.1 Å². The average Bonchev–Trinajstić information content (AvgIpc) is 2.95. The van der Waals surface area contributed by atoms with E-state index in [4.69, 9.17) is 9.47 Å². The van der Waals surface area contributed by atoms with Gasteiger partial charge in [0.05, 0.1) is 12.5 Å². The number of nitrogens with one attached hydrogen (secondary N) is 1. The Bertz CT molecular complexity index is 560. The standard InChI is InChI=1S/C17H28N2O5S/c1-10(2)7-17(18-15(22)24-16(3,4)5)8-12-19(14(17)21)11(9-25-12)13(20)23-6/h10-12H,7-9H2,1-6H3,(H,18,22)/t11-,12?,17+/m0/s1. The van der Waals surface area contributed by atoms with Gasteiger partial charge in [0.15, 0.2) is 0 Å². The fraction of sp³-hybridized carbons (Fsp3) is 0.824. The van der Waals surface area contributed by atoms with Crippen LogP contribution in [0.1, 0.15) is 47.5 Å². The van der Waals surface area contributed by atoms with Crippen molar-refractivity contribution < 1.29 is 23.9 Å². The first kappa shape index (κ1) is 19.9. The maximum atomic E-state index is 13.2. The molecule has 0 aromatic heterocycles. The highest BCUT2D eigenvalue weighted by atomic mass is 32.2. The second kappa shape index (κ2) is 7.05. The first-order valence-electron chi connectivity index (χ1n) is 8.52. The monoisotopic (exact) mass is 372 g/mol. The Morgan fingerprint density at radius 3 is 2.56 bits per heavy atom. The lowest BCUT2D eigenvalue weighted by Crippen LogP contribution is -2.57. The highest BCUT2D eigenvalue weighted by Crippen LogP contribution is 2.44. The van der Waals surface area contributed by atoms with E-state index in [9.17, 15) is 14.4 Å². The minimum atomic E-state index is -1.04. The van der Waals surface area contributed by atoms with E-state index in [0.717, 1.165) is 0 Å². The lowest BCUT2D eigenvalue weighted by Gasteiger charge is -2.32. The Hall–Kier alpha value is -1.44. The number of ether oxygens (including phenoxy) is 2. The van der Waals surface area contributed by atoms with E-state index in [1.165, 1.54) is 7.11 Å². The van der Waals surface area contributed by atoms with E-state index < -0.39 is 29.2 Å². The van der Waals surface area contributed by atoms with Gasteiger partial charge in [0, 0.05) is 12.2 Å². The summed E-state index contributed by atoms with van der Waals surface area (Å²) in [6.07, 6.45) is 0.343. The van der Waals surface area contributed by atoms with Crippen molar-refractivity contribution in [2.45, 2.75) is 70.0 Å². The molecule has 0 aromatic rings. The molecule has 2 amide bonds. The number of methoxy groups -OCH3 is 1. The van der Waals surface area contributed by atoms with Gasteiger partial charge in [-0.05, 0) is 33.1 Å². The molecule has 2 fully saturated rings. The predicted octanol–water partition coefficient (Wildman–Crippen LogP) is 2.14. The second-order valence-corrected chi connectivity index (χ2v) is 9.26. The lowest BCUT2D eigenvalue weighted by atomic mass is 9.87. The highest BCUT2D eigenvalue weighted by molar-refractivity contribution is 8.00. The molecule has 2 heterocycles. The van der Waals surface area contributed by atoms with Crippen LogP contribution < -0.4 is 5.32 Å². The highest BCUT2D eigenvalue weighted by Gasteiger charge is 2.59. The molecule has 7 nitrogen and oxygen atoms in total. The van der Waals surface area contributed by atoms with Gasteiger partial charge in [-0.15, -0.1) is 11.8 Å². The van der Waals surface area contributed by atoms with Crippen LogP contribution in [0, 0.1) is 5.92 Å². The minimum Gasteiger partial charge on any atom is -0.467 e. The third-order valence-corrected chi connectivity index (χ3v) is 5.52.